The van der Waals surface area contributed by atoms with Crippen molar-refractivity contribution in [2.75, 3.05) is 32.0 Å². The fraction of sp³-hybridized carbons (Fsp3) is 0.357. The summed E-state index contributed by atoms with van der Waals surface area (Å²) >= 11 is 0. The summed E-state index contributed by atoms with van der Waals surface area (Å²) < 4.78 is 1.96. The lowest BCUT2D eigenvalue weighted by molar-refractivity contribution is 0.0929. The molecule has 0 aliphatic carbocycles. The number of H-pyrrole nitrogens is 1. The van der Waals surface area contributed by atoms with Gasteiger partial charge in [-0.1, -0.05) is 19.9 Å². The van der Waals surface area contributed by atoms with Crippen LogP contribution >= 0.6 is 0 Å². The zero-order valence-electron chi connectivity index (χ0n) is 21.3. The molecule has 0 radical (unpaired) electrons. The summed E-state index contributed by atoms with van der Waals surface area (Å²) in [6.45, 7) is 6.94. The second-order valence-electron chi connectivity index (χ2n) is 10.8. The Morgan fingerprint density at radius 1 is 1.14 bits per heavy atom. The van der Waals surface area contributed by atoms with Gasteiger partial charge in [-0.3, -0.25) is 14.3 Å². The van der Waals surface area contributed by atoms with Crippen LogP contribution < -0.4 is 10.6 Å². The van der Waals surface area contributed by atoms with E-state index < -0.39 is 0 Å². The van der Waals surface area contributed by atoms with Crippen molar-refractivity contribution in [2.24, 2.45) is 0 Å². The topological polar surface area (TPSA) is 108 Å². The Labute approximate surface area is 215 Å². The first-order valence-corrected chi connectivity index (χ1v) is 12.7. The van der Waals surface area contributed by atoms with E-state index in [4.69, 9.17) is 0 Å². The lowest BCUT2D eigenvalue weighted by Crippen LogP contribution is -2.43. The molecule has 3 N–H and O–H groups in total. The molecule has 2 amide bonds. The van der Waals surface area contributed by atoms with Gasteiger partial charge in [0.1, 0.15) is 5.65 Å². The molecule has 9 nitrogen and oxygen atoms in total. The van der Waals surface area contributed by atoms with E-state index in [9.17, 15) is 9.59 Å². The molecule has 5 heterocycles. The van der Waals surface area contributed by atoms with Crippen LogP contribution in [-0.4, -0.2) is 63.1 Å². The van der Waals surface area contributed by atoms with Gasteiger partial charge < -0.3 is 20.5 Å². The van der Waals surface area contributed by atoms with Gasteiger partial charge in [0.25, 0.3) is 11.8 Å². The highest BCUT2D eigenvalue weighted by Crippen LogP contribution is 2.35. The maximum atomic E-state index is 13.1. The fourth-order valence-corrected chi connectivity index (χ4v) is 5.39. The first-order chi connectivity index (χ1) is 17.8. The van der Waals surface area contributed by atoms with Gasteiger partial charge in [0, 0.05) is 47.1 Å². The van der Waals surface area contributed by atoms with E-state index in [1.807, 2.05) is 35.3 Å². The van der Waals surface area contributed by atoms with Crippen LogP contribution in [0.3, 0.4) is 0 Å². The molecule has 6 rings (SSSR count). The number of nitrogens with one attached hydrogen (secondary N) is 3. The van der Waals surface area contributed by atoms with Crippen molar-refractivity contribution in [2.45, 2.75) is 38.1 Å². The minimum absolute atomic E-state index is 0.0421. The van der Waals surface area contributed by atoms with Gasteiger partial charge in [-0.15, -0.1) is 0 Å². The predicted molar refractivity (Wildman–Crippen MR) is 143 cm³/mol. The molecule has 0 spiro atoms. The number of nitrogens with zero attached hydrogens (tertiary/aromatic N) is 4. The summed E-state index contributed by atoms with van der Waals surface area (Å²) in [7, 11) is 2.14. The largest absolute Gasteiger partial charge is 0.351 e. The summed E-state index contributed by atoms with van der Waals surface area (Å²) in [4.78, 5) is 35.5. The van der Waals surface area contributed by atoms with E-state index >= 15 is 0 Å². The average Bonchev–Trinajstić information content (AvgIpc) is 3.53. The number of amides is 2. The van der Waals surface area contributed by atoms with E-state index in [-0.39, 0.29) is 17.2 Å². The van der Waals surface area contributed by atoms with Crippen molar-refractivity contribution in [3.05, 3.63) is 65.7 Å². The zero-order chi connectivity index (χ0) is 25.7. The molecule has 2 aliphatic heterocycles. The van der Waals surface area contributed by atoms with Gasteiger partial charge in [-0.05, 0) is 62.3 Å². The molecule has 9 heteroatoms. The van der Waals surface area contributed by atoms with Crippen LogP contribution in [0.1, 0.15) is 59.0 Å². The summed E-state index contributed by atoms with van der Waals surface area (Å²) in [6, 6.07) is 8.14. The van der Waals surface area contributed by atoms with Crippen molar-refractivity contribution >= 4 is 28.5 Å². The van der Waals surface area contributed by atoms with Gasteiger partial charge >= 0.3 is 0 Å². The molecule has 1 saturated heterocycles. The third-order valence-corrected chi connectivity index (χ3v) is 7.71. The minimum atomic E-state index is -0.229. The van der Waals surface area contributed by atoms with Gasteiger partial charge in [0.05, 0.1) is 23.5 Å². The van der Waals surface area contributed by atoms with Gasteiger partial charge in [-0.2, -0.15) is 5.10 Å². The molecule has 1 fully saturated rings. The lowest BCUT2D eigenvalue weighted by atomic mass is 9.78. The van der Waals surface area contributed by atoms with Crippen molar-refractivity contribution in [3.63, 3.8) is 0 Å². The Kier molecular flexibility index (Phi) is 5.60. The third-order valence-electron chi connectivity index (χ3n) is 7.71. The number of piperidine rings is 1. The van der Waals surface area contributed by atoms with E-state index in [2.05, 4.69) is 57.6 Å². The van der Waals surface area contributed by atoms with E-state index in [0.717, 1.165) is 48.0 Å². The Bertz CT molecular complexity index is 1510. The Balaban J connectivity index is 1.26. The monoisotopic (exact) mass is 497 g/mol. The summed E-state index contributed by atoms with van der Waals surface area (Å²) in [5.74, 6) is -0.271. The number of carbonyl (C=O) groups excluding carboxylic acids is 2. The molecule has 0 unspecified atom stereocenters. The first kappa shape index (κ1) is 23.4. The number of aromatic amines is 1. The van der Waals surface area contributed by atoms with Crippen LogP contribution in [-0.2, 0) is 5.41 Å². The fourth-order valence-electron chi connectivity index (χ4n) is 5.39. The number of fused-ring (bicyclic) bond motifs is 2. The van der Waals surface area contributed by atoms with E-state index in [0.29, 0.717) is 35.0 Å². The second kappa shape index (κ2) is 8.85. The number of rotatable bonds is 4. The van der Waals surface area contributed by atoms with Crippen molar-refractivity contribution < 1.29 is 9.59 Å². The van der Waals surface area contributed by atoms with Crippen molar-refractivity contribution in [1.29, 1.82) is 0 Å². The number of carbonyl (C=O) groups is 2. The highest BCUT2D eigenvalue weighted by Gasteiger charge is 2.32. The number of hydrogen-bond acceptors (Lipinski definition) is 5. The highest BCUT2D eigenvalue weighted by atomic mass is 16.2. The molecule has 4 aromatic rings. The number of hydrogen-bond donors (Lipinski definition) is 3. The van der Waals surface area contributed by atoms with Gasteiger partial charge in [0.2, 0.25) is 0 Å². The number of pyridine rings is 1. The molecule has 37 heavy (non-hydrogen) atoms. The van der Waals surface area contributed by atoms with Crippen molar-refractivity contribution in [1.82, 2.24) is 30.0 Å². The molecule has 190 valence electrons. The van der Waals surface area contributed by atoms with Crippen LogP contribution in [0.5, 0.6) is 0 Å². The van der Waals surface area contributed by atoms with Crippen LogP contribution in [0.25, 0.3) is 22.2 Å². The van der Waals surface area contributed by atoms with Crippen molar-refractivity contribution in [3.8, 4) is 11.1 Å². The summed E-state index contributed by atoms with van der Waals surface area (Å²) in [5, 5.41) is 11.3. The predicted octanol–water partition coefficient (Wildman–Crippen LogP) is 3.97. The number of benzene rings is 1. The Morgan fingerprint density at radius 2 is 1.95 bits per heavy atom. The molecule has 2 aliphatic rings. The quantitative estimate of drug-likeness (QED) is 0.396. The molecule has 0 atom stereocenters. The first-order valence-electron chi connectivity index (χ1n) is 12.7. The van der Waals surface area contributed by atoms with Crippen LogP contribution in [0.2, 0.25) is 0 Å². The number of likely N-dealkylation sites (tertiary alicyclic amines) is 1. The van der Waals surface area contributed by atoms with E-state index in [1.165, 1.54) is 0 Å². The lowest BCUT2D eigenvalue weighted by Gasteiger charge is -2.32. The molecule has 0 saturated carbocycles. The molecule has 1 aromatic carbocycles. The third kappa shape index (κ3) is 4.29. The summed E-state index contributed by atoms with van der Waals surface area (Å²) in [5.41, 5.74) is 5.32. The molecular weight excluding hydrogens is 466 g/mol. The number of aromatic nitrogens is 4. The maximum Gasteiger partial charge on any atom is 0.257 e. The Morgan fingerprint density at radius 3 is 2.76 bits per heavy atom. The SMILES string of the molecule is CN1CCC(n2cc(NC(=O)c3cnc4[nH]cc(-c5ccc6c(c5)C(C)(C)CNC6=O)c4c3)cn2)CC1. The normalized spacial score (nSPS) is 18.0. The average molecular weight is 498 g/mol. The van der Waals surface area contributed by atoms with Gasteiger partial charge in [0.15, 0.2) is 0 Å². The highest BCUT2D eigenvalue weighted by molar-refractivity contribution is 6.07. The molecule has 0 bridgehead atoms. The number of anilines is 1. The standard InChI is InChI=1S/C28H31N7O2/c1-28(2)16-31-27(37)21-5-4-17(11-24(21)28)23-14-30-25-22(23)10-18(12-29-25)26(36)33-19-13-32-35(15-19)20-6-8-34(3)9-7-20/h4-5,10-15,20H,6-9,16H2,1-3H3,(H,29,30)(H,31,37)(H,33,36). The van der Waals surface area contributed by atoms with Crippen LogP contribution in [0, 0.1) is 0 Å². The van der Waals surface area contributed by atoms with E-state index in [1.54, 1.807) is 12.4 Å². The van der Waals surface area contributed by atoms with Gasteiger partial charge in [-0.25, -0.2) is 4.98 Å². The van der Waals surface area contributed by atoms with Crippen LogP contribution in [0.4, 0.5) is 5.69 Å². The molecule has 3 aromatic heterocycles. The Hall–Kier alpha value is -3.98. The summed E-state index contributed by atoms with van der Waals surface area (Å²) in [6.07, 6.45) is 9.20. The second-order valence-corrected chi connectivity index (χ2v) is 10.8. The van der Waals surface area contributed by atoms with Crippen LogP contribution in [0.15, 0.2) is 49.1 Å². The zero-order valence-corrected chi connectivity index (χ0v) is 21.3. The smallest absolute Gasteiger partial charge is 0.257 e. The minimum Gasteiger partial charge on any atom is -0.351 e. The maximum absolute atomic E-state index is 13.1. The molecular formula is C28H31N7O2.